The summed E-state index contributed by atoms with van der Waals surface area (Å²) in [6.45, 7) is 4.05. The van der Waals surface area contributed by atoms with Gasteiger partial charge in [-0.05, 0) is 44.4 Å². The molecule has 2 aliphatic rings. The zero-order valence-electron chi connectivity index (χ0n) is 15.8. The highest BCUT2D eigenvalue weighted by molar-refractivity contribution is 5.69. The summed E-state index contributed by atoms with van der Waals surface area (Å²) in [5, 5.41) is 7.52. The molecule has 0 radical (unpaired) electrons. The van der Waals surface area contributed by atoms with Gasteiger partial charge in [-0.1, -0.05) is 5.16 Å². The normalized spacial score (nSPS) is 21.6. The number of nitrogens with zero attached hydrogens (tertiary/aromatic N) is 4. The van der Waals surface area contributed by atoms with Gasteiger partial charge in [0, 0.05) is 39.1 Å². The Morgan fingerprint density at radius 1 is 1.30 bits per heavy atom. The molecule has 4 heterocycles. The van der Waals surface area contributed by atoms with Crippen molar-refractivity contribution >= 4 is 5.82 Å². The Morgan fingerprint density at radius 3 is 3.04 bits per heavy atom. The fraction of sp³-hybridized carbons (Fsp3) is 0.632. The molecule has 27 heavy (non-hydrogen) atoms. The fourth-order valence-electron chi connectivity index (χ4n) is 3.99. The number of hydrogen-bond acceptors (Lipinski definition) is 8. The van der Waals surface area contributed by atoms with Crippen LogP contribution in [-0.2, 0) is 9.47 Å². The van der Waals surface area contributed by atoms with E-state index >= 15 is 0 Å². The minimum absolute atomic E-state index is 0.205. The monoisotopic (exact) mass is 373 g/mol. The second kappa shape index (κ2) is 8.77. The maximum absolute atomic E-state index is 5.69. The highest BCUT2D eigenvalue weighted by Gasteiger charge is 2.36. The van der Waals surface area contributed by atoms with Crippen LogP contribution in [0.15, 0.2) is 22.9 Å². The minimum Gasteiger partial charge on any atom is -0.383 e. The molecule has 2 aliphatic heterocycles. The van der Waals surface area contributed by atoms with Gasteiger partial charge >= 0.3 is 0 Å². The Morgan fingerprint density at radius 2 is 2.19 bits per heavy atom. The smallest absolute Gasteiger partial charge is 0.244 e. The molecule has 2 fully saturated rings. The third-order valence-corrected chi connectivity index (χ3v) is 5.33. The van der Waals surface area contributed by atoms with Crippen molar-refractivity contribution in [3.05, 3.63) is 24.2 Å². The Hall–Kier alpha value is -2.03. The molecule has 8 heteroatoms. The van der Waals surface area contributed by atoms with Gasteiger partial charge in [0.15, 0.2) is 0 Å². The summed E-state index contributed by atoms with van der Waals surface area (Å²) in [7, 11) is 1.68. The number of ether oxygens (including phenoxy) is 2. The molecule has 0 unspecified atom stereocenters. The zero-order valence-corrected chi connectivity index (χ0v) is 15.8. The van der Waals surface area contributed by atoms with Gasteiger partial charge in [-0.2, -0.15) is 4.98 Å². The summed E-state index contributed by atoms with van der Waals surface area (Å²) in [6.07, 6.45) is 6.13. The van der Waals surface area contributed by atoms with Crippen molar-refractivity contribution < 1.29 is 14.0 Å². The third kappa shape index (κ3) is 4.12. The van der Waals surface area contributed by atoms with Crippen molar-refractivity contribution in [2.45, 2.75) is 37.8 Å². The summed E-state index contributed by atoms with van der Waals surface area (Å²) in [6, 6.07) is 4.60. The Labute approximate surface area is 159 Å². The van der Waals surface area contributed by atoms with Crippen LogP contribution in [0.2, 0.25) is 0 Å². The van der Waals surface area contributed by atoms with Crippen LogP contribution in [0.5, 0.6) is 0 Å². The lowest BCUT2D eigenvalue weighted by molar-refractivity contribution is 0.0243. The summed E-state index contributed by atoms with van der Waals surface area (Å²) in [4.78, 5) is 11.7. The summed E-state index contributed by atoms with van der Waals surface area (Å²) >= 11 is 0. The van der Waals surface area contributed by atoms with Gasteiger partial charge in [0.25, 0.3) is 0 Å². The zero-order chi connectivity index (χ0) is 18.5. The topological polar surface area (TPSA) is 85.5 Å². The number of hydrogen-bond donors (Lipinski definition) is 1. The standard InChI is InChI=1S/C19H27N5O3/c1-25-13-9-21-17-15(4-2-8-20-17)18-22-19(27-23-18)16-5-3-10-24(16)14-6-11-26-12-7-14/h2,4,8,14,16H,3,5-7,9-13H2,1H3,(H,20,21)/t16-/m0/s1. The molecule has 0 amide bonds. The van der Waals surface area contributed by atoms with E-state index in [-0.39, 0.29) is 6.04 Å². The Bertz CT molecular complexity index is 732. The van der Waals surface area contributed by atoms with Crippen molar-refractivity contribution in [2.24, 2.45) is 0 Å². The molecule has 146 valence electrons. The number of anilines is 1. The van der Waals surface area contributed by atoms with E-state index < -0.39 is 0 Å². The lowest BCUT2D eigenvalue weighted by Gasteiger charge is -2.33. The molecule has 8 nitrogen and oxygen atoms in total. The predicted octanol–water partition coefficient (Wildman–Crippen LogP) is 2.51. The van der Waals surface area contributed by atoms with Gasteiger partial charge in [0.2, 0.25) is 11.7 Å². The van der Waals surface area contributed by atoms with E-state index in [1.165, 1.54) is 0 Å². The molecular formula is C19H27N5O3. The molecule has 0 aromatic carbocycles. The van der Waals surface area contributed by atoms with Gasteiger partial charge in [-0.3, -0.25) is 4.90 Å². The maximum atomic E-state index is 5.69. The first kappa shape index (κ1) is 18.3. The van der Waals surface area contributed by atoms with Crippen LogP contribution in [0.3, 0.4) is 0 Å². The Kier molecular flexibility index (Phi) is 5.96. The molecule has 0 bridgehead atoms. The molecular weight excluding hydrogens is 346 g/mol. The lowest BCUT2D eigenvalue weighted by atomic mass is 10.1. The molecule has 0 saturated carbocycles. The minimum atomic E-state index is 0.205. The van der Waals surface area contributed by atoms with Crippen LogP contribution >= 0.6 is 0 Å². The SMILES string of the molecule is COCCNc1ncccc1-c1noc([C@@H]2CCCN2C2CCOCC2)n1. The van der Waals surface area contributed by atoms with E-state index in [9.17, 15) is 0 Å². The maximum Gasteiger partial charge on any atom is 0.244 e. The molecule has 4 rings (SSSR count). The molecule has 1 atom stereocenters. The average Bonchev–Trinajstić information content (AvgIpc) is 3.39. The van der Waals surface area contributed by atoms with Crippen molar-refractivity contribution in [3.8, 4) is 11.4 Å². The molecule has 0 spiro atoms. The van der Waals surface area contributed by atoms with E-state index in [0.717, 1.165) is 56.8 Å². The van der Waals surface area contributed by atoms with Crippen molar-refractivity contribution in [3.63, 3.8) is 0 Å². The van der Waals surface area contributed by atoms with Gasteiger partial charge in [0.1, 0.15) is 5.82 Å². The first-order chi connectivity index (χ1) is 13.4. The number of likely N-dealkylation sites (tertiary alicyclic amines) is 1. The summed E-state index contributed by atoms with van der Waals surface area (Å²) in [5.74, 6) is 2.03. The highest BCUT2D eigenvalue weighted by atomic mass is 16.5. The van der Waals surface area contributed by atoms with E-state index in [0.29, 0.717) is 30.9 Å². The largest absolute Gasteiger partial charge is 0.383 e. The summed E-state index contributed by atoms with van der Waals surface area (Å²) in [5.41, 5.74) is 0.846. The van der Waals surface area contributed by atoms with Crippen LogP contribution in [0.1, 0.15) is 37.6 Å². The number of nitrogens with one attached hydrogen (secondary N) is 1. The van der Waals surface area contributed by atoms with Crippen LogP contribution < -0.4 is 5.32 Å². The van der Waals surface area contributed by atoms with Crippen molar-refractivity contribution in [2.75, 3.05) is 45.3 Å². The van der Waals surface area contributed by atoms with E-state index in [4.69, 9.17) is 19.0 Å². The third-order valence-electron chi connectivity index (χ3n) is 5.33. The molecule has 2 aromatic heterocycles. The van der Waals surface area contributed by atoms with Crippen molar-refractivity contribution in [1.29, 1.82) is 0 Å². The van der Waals surface area contributed by atoms with Crippen molar-refractivity contribution in [1.82, 2.24) is 20.0 Å². The van der Waals surface area contributed by atoms with E-state index in [2.05, 4.69) is 20.4 Å². The van der Waals surface area contributed by atoms with Gasteiger partial charge in [-0.25, -0.2) is 4.98 Å². The first-order valence-electron chi connectivity index (χ1n) is 9.72. The van der Waals surface area contributed by atoms with E-state index in [1.807, 2.05) is 12.1 Å². The van der Waals surface area contributed by atoms with Crippen LogP contribution in [-0.4, -0.2) is 66.1 Å². The second-order valence-electron chi connectivity index (χ2n) is 7.01. The average molecular weight is 373 g/mol. The van der Waals surface area contributed by atoms with Gasteiger partial charge in [-0.15, -0.1) is 0 Å². The lowest BCUT2D eigenvalue weighted by Crippen LogP contribution is -2.39. The highest BCUT2D eigenvalue weighted by Crippen LogP contribution is 2.36. The number of methoxy groups -OCH3 is 1. The van der Waals surface area contributed by atoms with Crippen LogP contribution in [0, 0.1) is 0 Å². The molecule has 2 aromatic rings. The predicted molar refractivity (Wildman–Crippen MR) is 100 cm³/mol. The fourth-order valence-corrected chi connectivity index (χ4v) is 3.99. The van der Waals surface area contributed by atoms with Gasteiger partial charge < -0.3 is 19.3 Å². The first-order valence-corrected chi connectivity index (χ1v) is 9.72. The van der Waals surface area contributed by atoms with E-state index in [1.54, 1.807) is 13.3 Å². The molecule has 2 saturated heterocycles. The quantitative estimate of drug-likeness (QED) is 0.741. The Balaban J connectivity index is 1.51. The molecule has 0 aliphatic carbocycles. The number of pyridine rings is 1. The van der Waals surface area contributed by atoms with Crippen LogP contribution in [0.4, 0.5) is 5.82 Å². The van der Waals surface area contributed by atoms with Crippen LogP contribution in [0.25, 0.3) is 11.4 Å². The van der Waals surface area contributed by atoms with Gasteiger partial charge in [0.05, 0.1) is 18.2 Å². The number of rotatable bonds is 7. The molecule has 1 N–H and O–H groups in total. The second-order valence-corrected chi connectivity index (χ2v) is 7.01. The number of aromatic nitrogens is 3. The summed E-state index contributed by atoms with van der Waals surface area (Å²) < 4.78 is 16.3.